The van der Waals surface area contributed by atoms with E-state index in [-0.39, 0.29) is 18.6 Å². The molecule has 3 rings (SSSR count). The first-order valence-electron chi connectivity index (χ1n) is 9.06. The fourth-order valence-corrected chi connectivity index (χ4v) is 3.10. The lowest BCUT2D eigenvalue weighted by molar-refractivity contribution is 0.0700. The van der Waals surface area contributed by atoms with Crippen LogP contribution in [-0.4, -0.2) is 43.1 Å². The highest BCUT2D eigenvalue weighted by atomic mass is 16.5. The van der Waals surface area contributed by atoms with E-state index in [1.165, 1.54) is 0 Å². The molecule has 6 nitrogen and oxygen atoms in total. The van der Waals surface area contributed by atoms with Crippen LogP contribution in [-0.2, 0) is 11.3 Å². The number of piperidine rings is 1. The zero-order chi connectivity index (χ0) is 19.1. The van der Waals surface area contributed by atoms with Gasteiger partial charge < -0.3 is 19.7 Å². The van der Waals surface area contributed by atoms with Gasteiger partial charge in [0.15, 0.2) is 0 Å². The first-order valence-corrected chi connectivity index (χ1v) is 9.06. The summed E-state index contributed by atoms with van der Waals surface area (Å²) in [6.07, 6.45) is 0.989. The van der Waals surface area contributed by atoms with Crippen molar-refractivity contribution in [3.63, 3.8) is 0 Å². The van der Waals surface area contributed by atoms with Gasteiger partial charge in [-0.1, -0.05) is 36.4 Å². The average molecular weight is 368 g/mol. The highest BCUT2D eigenvalue weighted by Gasteiger charge is 2.25. The lowest BCUT2D eigenvalue weighted by Gasteiger charge is -2.32. The van der Waals surface area contributed by atoms with Crippen molar-refractivity contribution in [2.75, 3.05) is 20.2 Å². The molecular weight excluding hydrogens is 344 g/mol. The van der Waals surface area contributed by atoms with Crippen LogP contribution in [0.3, 0.4) is 0 Å². The first kappa shape index (κ1) is 18.8. The van der Waals surface area contributed by atoms with Gasteiger partial charge in [0.25, 0.3) is 5.91 Å². The van der Waals surface area contributed by atoms with Gasteiger partial charge in [0, 0.05) is 24.7 Å². The van der Waals surface area contributed by atoms with Gasteiger partial charge in [-0.3, -0.25) is 4.79 Å². The quantitative estimate of drug-likeness (QED) is 0.880. The minimum atomic E-state index is -0.420. The molecule has 0 atom stereocenters. The number of nitrogens with one attached hydrogen (secondary N) is 1. The lowest BCUT2D eigenvalue weighted by Crippen LogP contribution is -2.46. The van der Waals surface area contributed by atoms with E-state index in [1.54, 1.807) is 19.2 Å². The van der Waals surface area contributed by atoms with E-state index in [2.05, 4.69) is 5.32 Å². The molecule has 1 N–H and O–H groups in total. The predicted octanol–water partition coefficient (Wildman–Crippen LogP) is 3.23. The number of hydrogen-bond acceptors (Lipinski definition) is 4. The van der Waals surface area contributed by atoms with Crippen LogP contribution in [0.5, 0.6) is 5.75 Å². The molecular formula is C21H24N2O4. The number of carbonyl (C=O) groups excluding carboxylic acids is 2. The van der Waals surface area contributed by atoms with Crippen LogP contribution in [0.25, 0.3) is 0 Å². The minimum Gasteiger partial charge on any atom is -0.497 e. The molecule has 2 aromatic carbocycles. The number of amides is 2. The molecule has 1 heterocycles. The molecule has 2 amide bonds. The Morgan fingerprint density at radius 3 is 2.52 bits per heavy atom. The number of rotatable bonds is 5. The van der Waals surface area contributed by atoms with Gasteiger partial charge in [0.1, 0.15) is 12.4 Å². The Labute approximate surface area is 159 Å². The van der Waals surface area contributed by atoms with Crippen LogP contribution in [0.15, 0.2) is 54.6 Å². The molecule has 0 aromatic heterocycles. The molecule has 0 aliphatic carbocycles. The molecule has 1 fully saturated rings. The van der Waals surface area contributed by atoms with E-state index in [9.17, 15) is 9.59 Å². The smallest absolute Gasteiger partial charge is 0.407 e. The highest BCUT2D eigenvalue weighted by Crippen LogP contribution is 2.18. The zero-order valence-electron chi connectivity index (χ0n) is 15.4. The van der Waals surface area contributed by atoms with Gasteiger partial charge >= 0.3 is 6.09 Å². The van der Waals surface area contributed by atoms with Crippen LogP contribution < -0.4 is 10.1 Å². The zero-order valence-corrected chi connectivity index (χ0v) is 15.4. The maximum Gasteiger partial charge on any atom is 0.407 e. The Morgan fingerprint density at radius 2 is 1.81 bits per heavy atom. The molecule has 1 aliphatic rings. The molecule has 0 saturated carbocycles. The number of benzene rings is 2. The monoisotopic (exact) mass is 368 g/mol. The van der Waals surface area contributed by atoms with E-state index in [1.807, 2.05) is 47.4 Å². The molecule has 142 valence electrons. The second-order valence-corrected chi connectivity index (χ2v) is 6.50. The third-order valence-electron chi connectivity index (χ3n) is 4.63. The average Bonchev–Trinajstić information content (AvgIpc) is 2.73. The van der Waals surface area contributed by atoms with Crippen LogP contribution in [0.2, 0.25) is 0 Å². The summed E-state index contributed by atoms with van der Waals surface area (Å²) < 4.78 is 10.4. The van der Waals surface area contributed by atoms with Crippen LogP contribution in [0, 0.1) is 0 Å². The molecule has 0 radical (unpaired) electrons. The minimum absolute atomic E-state index is 0.0148. The summed E-state index contributed by atoms with van der Waals surface area (Å²) in [6.45, 7) is 1.44. The fourth-order valence-electron chi connectivity index (χ4n) is 3.10. The van der Waals surface area contributed by atoms with Gasteiger partial charge in [-0.05, 0) is 36.6 Å². The van der Waals surface area contributed by atoms with Gasteiger partial charge in [-0.15, -0.1) is 0 Å². The van der Waals surface area contributed by atoms with E-state index in [0.717, 1.165) is 5.56 Å². The Kier molecular flexibility index (Phi) is 6.30. The van der Waals surface area contributed by atoms with Crippen molar-refractivity contribution in [2.45, 2.75) is 25.5 Å². The second-order valence-electron chi connectivity index (χ2n) is 6.50. The molecule has 0 spiro atoms. The largest absolute Gasteiger partial charge is 0.497 e. The van der Waals surface area contributed by atoms with E-state index >= 15 is 0 Å². The third kappa shape index (κ3) is 5.23. The van der Waals surface area contributed by atoms with E-state index < -0.39 is 6.09 Å². The Bertz CT molecular complexity index is 771. The summed E-state index contributed by atoms with van der Waals surface area (Å²) in [5.74, 6) is 0.651. The lowest BCUT2D eigenvalue weighted by atomic mass is 10.0. The number of alkyl carbamates (subject to hydrolysis) is 1. The number of likely N-dealkylation sites (tertiary alicyclic amines) is 1. The van der Waals surface area contributed by atoms with Gasteiger partial charge in [0.2, 0.25) is 0 Å². The predicted molar refractivity (Wildman–Crippen MR) is 102 cm³/mol. The van der Waals surface area contributed by atoms with Gasteiger partial charge in [-0.2, -0.15) is 0 Å². The van der Waals surface area contributed by atoms with E-state index in [0.29, 0.717) is 37.2 Å². The Morgan fingerprint density at radius 1 is 1.07 bits per heavy atom. The first-order chi connectivity index (χ1) is 13.2. The van der Waals surface area contributed by atoms with Gasteiger partial charge in [-0.25, -0.2) is 4.79 Å². The van der Waals surface area contributed by atoms with Crippen LogP contribution in [0.4, 0.5) is 4.79 Å². The number of carbonyl (C=O) groups is 2. The van der Waals surface area contributed by atoms with Crippen molar-refractivity contribution in [1.29, 1.82) is 0 Å². The number of methoxy groups -OCH3 is 1. The molecule has 2 aromatic rings. The topological polar surface area (TPSA) is 67.9 Å². The fraction of sp³-hybridized carbons (Fsp3) is 0.333. The normalized spacial score (nSPS) is 14.5. The van der Waals surface area contributed by atoms with Crippen molar-refractivity contribution in [1.82, 2.24) is 10.2 Å². The molecule has 1 aliphatic heterocycles. The molecule has 27 heavy (non-hydrogen) atoms. The standard InChI is InChI=1S/C21H24N2O4/c1-26-19-9-5-8-17(14-19)20(24)23-12-10-18(11-13-23)22-21(25)27-15-16-6-3-2-4-7-16/h2-9,14,18H,10-13,15H2,1H3,(H,22,25). The van der Waals surface area contributed by atoms with Crippen LogP contribution in [0.1, 0.15) is 28.8 Å². The van der Waals surface area contributed by atoms with Crippen molar-refractivity contribution >= 4 is 12.0 Å². The highest BCUT2D eigenvalue weighted by molar-refractivity contribution is 5.94. The summed E-state index contributed by atoms with van der Waals surface area (Å²) in [7, 11) is 1.58. The summed E-state index contributed by atoms with van der Waals surface area (Å²) in [4.78, 5) is 26.4. The summed E-state index contributed by atoms with van der Waals surface area (Å²) in [5.41, 5.74) is 1.56. The Balaban J connectivity index is 1.44. The number of nitrogens with zero attached hydrogens (tertiary/aromatic N) is 1. The maximum atomic E-state index is 12.6. The van der Waals surface area contributed by atoms with Crippen molar-refractivity contribution in [3.8, 4) is 5.75 Å². The maximum absolute atomic E-state index is 12.6. The summed E-state index contributed by atoms with van der Waals surface area (Å²) in [5, 5.41) is 2.89. The SMILES string of the molecule is COc1cccc(C(=O)N2CCC(NC(=O)OCc3ccccc3)CC2)c1. The van der Waals surface area contributed by atoms with Crippen molar-refractivity contribution in [2.24, 2.45) is 0 Å². The van der Waals surface area contributed by atoms with Gasteiger partial charge in [0.05, 0.1) is 7.11 Å². The molecule has 0 unspecified atom stereocenters. The summed E-state index contributed by atoms with van der Waals surface area (Å²) >= 11 is 0. The van der Waals surface area contributed by atoms with Crippen LogP contribution >= 0.6 is 0 Å². The molecule has 0 bridgehead atoms. The molecule has 1 saturated heterocycles. The number of hydrogen-bond donors (Lipinski definition) is 1. The summed E-state index contributed by atoms with van der Waals surface area (Å²) in [6, 6.07) is 16.7. The Hall–Kier alpha value is -3.02. The van der Waals surface area contributed by atoms with Crippen molar-refractivity contribution in [3.05, 3.63) is 65.7 Å². The third-order valence-corrected chi connectivity index (χ3v) is 4.63. The number of ether oxygens (including phenoxy) is 2. The molecule has 6 heteroatoms. The van der Waals surface area contributed by atoms with Crippen molar-refractivity contribution < 1.29 is 19.1 Å². The second kappa shape index (κ2) is 9.07. The van der Waals surface area contributed by atoms with E-state index in [4.69, 9.17) is 9.47 Å².